The lowest BCUT2D eigenvalue weighted by Crippen LogP contribution is -2.38. The third-order valence-electron chi connectivity index (χ3n) is 3.69. The molecule has 2 rings (SSSR count). The van der Waals surface area contributed by atoms with Crippen molar-refractivity contribution in [1.29, 1.82) is 0 Å². The molecule has 1 aliphatic heterocycles. The quantitative estimate of drug-likeness (QED) is 0.925. The van der Waals surface area contributed by atoms with Crippen LogP contribution < -0.4 is 0 Å². The van der Waals surface area contributed by atoms with Gasteiger partial charge >= 0.3 is 0 Å². The summed E-state index contributed by atoms with van der Waals surface area (Å²) in [7, 11) is 0. The van der Waals surface area contributed by atoms with Gasteiger partial charge in [0, 0.05) is 18.1 Å². The van der Waals surface area contributed by atoms with Crippen LogP contribution in [0.25, 0.3) is 0 Å². The zero-order valence-electron chi connectivity index (χ0n) is 11.4. The van der Waals surface area contributed by atoms with Gasteiger partial charge in [-0.25, -0.2) is 0 Å². The Morgan fingerprint density at radius 2 is 2.16 bits per heavy atom. The molecule has 1 heterocycles. The average Bonchev–Trinajstić information content (AvgIpc) is 2.37. The summed E-state index contributed by atoms with van der Waals surface area (Å²) >= 11 is 5.99. The van der Waals surface area contributed by atoms with E-state index in [9.17, 15) is 9.90 Å². The van der Waals surface area contributed by atoms with Crippen LogP contribution in [-0.4, -0.2) is 28.6 Å². The predicted molar refractivity (Wildman–Crippen MR) is 76.0 cm³/mol. The van der Waals surface area contributed by atoms with Crippen LogP contribution in [0, 0.1) is 5.92 Å². The third kappa shape index (κ3) is 3.48. The Balaban J connectivity index is 2.03. The molecule has 0 spiro atoms. The van der Waals surface area contributed by atoms with Crippen molar-refractivity contribution in [3.63, 3.8) is 0 Å². The topological polar surface area (TPSA) is 40.5 Å². The number of halogens is 1. The van der Waals surface area contributed by atoms with E-state index < -0.39 is 6.10 Å². The maximum atomic E-state index is 12.1. The number of rotatable bonds is 3. The lowest BCUT2D eigenvalue weighted by Gasteiger charge is -2.30. The van der Waals surface area contributed by atoms with E-state index in [1.165, 1.54) is 5.56 Å². The van der Waals surface area contributed by atoms with E-state index in [0.29, 0.717) is 11.6 Å². The van der Waals surface area contributed by atoms with Gasteiger partial charge in [-0.3, -0.25) is 4.79 Å². The van der Waals surface area contributed by atoms with Gasteiger partial charge in [-0.05, 0) is 35.6 Å². The molecule has 104 valence electrons. The third-order valence-corrected chi connectivity index (χ3v) is 3.92. The Hall–Kier alpha value is -1.06. The van der Waals surface area contributed by atoms with Gasteiger partial charge in [0.25, 0.3) is 0 Å². The number of hydrogen-bond donors (Lipinski definition) is 1. The highest BCUT2D eigenvalue weighted by Crippen LogP contribution is 2.23. The molecule has 0 radical (unpaired) electrons. The Morgan fingerprint density at radius 1 is 1.42 bits per heavy atom. The molecule has 1 amide bonds. The number of carbonyl (C=O) groups excluding carboxylic acids is 1. The first kappa shape index (κ1) is 14.4. The Bertz CT molecular complexity index is 473. The number of nitrogens with zero attached hydrogens (tertiary/aromatic N) is 1. The molecule has 1 N–H and O–H groups in total. The van der Waals surface area contributed by atoms with Crippen LogP contribution in [-0.2, 0) is 17.8 Å². The maximum Gasteiger partial charge on any atom is 0.225 e. The Labute approximate surface area is 119 Å². The van der Waals surface area contributed by atoms with Crippen molar-refractivity contribution in [2.24, 2.45) is 5.92 Å². The number of aliphatic hydroxyl groups excluding tert-OH is 1. The molecule has 1 aliphatic rings. The van der Waals surface area contributed by atoms with Crippen molar-refractivity contribution in [1.82, 2.24) is 4.90 Å². The second-order valence-electron chi connectivity index (χ2n) is 5.49. The molecule has 1 atom stereocenters. The Morgan fingerprint density at radius 3 is 2.84 bits per heavy atom. The molecular weight excluding hydrogens is 262 g/mol. The van der Waals surface area contributed by atoms with Gasteiger partial charge in [0.05, 0.1) is 12.5 Å². The summed E-state index contributed by atoms with van der Waals surface area (Å²) in [6, 6.07) is 5.85. The number of aliphatic hydroxyl groups is 1. The molecule has 0 aromatic heterocycles. The second kappa shape index (κ2) is 5.93. The van der Waals surface area contributed by atoms with E-state index in [2.05, 4.69) is 0 Å². The Kier molecular flexibility index (Phi) is 4.48. The molecule has 0 saturated carbocycles. The van der Waals surface area contributed by atoms with Crippen molar-refractivity contribution in [3.05, 3.63) is 34.3 Å². The van der Waals surface area contributed by atoms with E-state index in [4.69, 9.17) is 11.6 Å². The largest absolute Gasteiger partial charge is 0.392 e. The van der Waals surface area contributed by atoms with Crippen molar-refractivity contribution in [3.8, 4) is 0 Å². The van der Waals surface area contributed by atoms with Crippen LogP contribution in [0.4, 0.5) is 0 Å². The van der Waals surface area contributed by atoms with Crippen LogP contribution in [0.5, 0.6) is 0 Å². The van der Waals surface area contributed by atoms with Gasteiger partial charge in [0.15, 0.2) is 0 Å². The molecule has 1 aromatic carbocycles. The minimum atomic E-state index is -0.562. The summed E-state index contributed by atoms with van der Waals surface area (Å²) in [5, 5.41) is 10.5. The van der Waals surface area contributed by atoms with E-state index in [0.717, 1.165) is 18.5 Å². The molecule has 0 bridgehead atoms. The number of fused-ring (bicyclic) bond motifs is 1. The molecule has 1 unspecified atom stereocenters. The normalized spacial score (nSPS) is 16.4. The minimum Gasteiger partial charge on any atom is -0.392 e. The SMILES string of the molecule is CC(C)C(O)CC(=O)N1CCc2ccc(Cl)cc2C1. The fourth-order valence-electron chi connectivity index (χ4n) is 2.28. The van der Waals surface area contributed by atoms with Crippen LogP contribution in [0.2, 0.25) is 5.02 Å². The van der Waals surface area contributed by atoms with Crippen LogP contribution >= 0.6 is 11.6 Å². The van der Waals surface area contributed by atoms with Gasteiger partial charge in [0.2, 0.25) is 5.91 Å². The zero-order valence-corrected chi connectivity index (χ0v) is 12.2. The molecule has 3 nitrogen and oxygen atoms in total. The summed E-state index contributed by atoms with van der Waals surface area (Å²) in [6.07, 6.45) is 0.497. The number of carbonyl (C=O) groups is 1. The van der Waals surface area contributed by atoms with Crippen LogP contribution in [0.3, 0.4) is 0 Å². The van der Waals surface area contributed by atoms with Gasteiger partial charge in [-0.2, -0.15) is 0 Å². The second-order valence-corrected chi connectivity index (χ2v) is 5.93. The number of hydrogen-bond acceptors (Lipinski definition) is 2. The molecule has 19 heavy (non-hydrogen) atoms. The lowest BCUT2D eigenvalue weighted by atomic mass is 9.98. The fourth-order valence-corrected chi connectivity index (χ4v) is 2.48. The molecule has 0 aliphatic carbocycles. The van der Waals surface area contributed by atoms with Gasteiger partial charge in [0.1, 0.15) is 0 Å². The van der Waals surface area contributed by atoms with E-state index >= 15 is 0 Å². The molecule has 0 fully saturated rings. The van der Waals surface area contributed by atoms with Crippen molar-refractivity contribution in [2.45, 2.75) is 39.3 Å². The van der Waals surface area contributed by atoms with Crippen LogP contribution in [0.1, 0.15) is 31.4 Å². The van der Waals surface area contributed by atoms with Gasteiger partial charge < -0.3 is 10.0 Å². The van der Waals surface area contributed by atoms with Gasteiger partial charge in [-0.15, -0.1) is 0 Å². The first-order chi connectivity index (χ1) is 8.97. The monoisotopic (exact) mass is 281 g/mol. The number of amides is 1. The average molecular weight is 282 g/mol. The standard InChI is InChI=1S/C15H20ClNO2/c1-10(2)14(18)8-15(19)17-6-5-11-3-4-13(16)7-12(11)9-17/h3-4,7,10,14,18H,5-6,8-9H2,1-2H3. The summed E-state index contributed by atoms with van der Waals surface area (Å²) in [5.74, 6) is 0.127. The molecule has 1 aromatic rings. The van der Waals surface area contributed by atoms with Crippen LogP contribution in [0.15, 0.2) is 18.2 Å². The smallest absolute Gasteiger partial charge is 0.225 e. The predicted octanol–water partition coefficient (Wildman–Crippen LogP) is 2.63. The van der Waals surface area contributed by atoms with Crippen molar-refractivity contribution in [2.75, 3.05) is 6.54 Å². The summed E-state index contributed by atoms with van der Waals surface area (Å²) in [5.41, 5.74) is 2.38. The summed E-state index contributed by atoms with van der Waals surface area (Å²) in [6.45, 7) is 5.16. The highest BCUT2D eigenvalue weighted by Gasteiger charge is 2.23. The maximum absolute atomic E-state index is 12.1. The molecule has 0 saturated heterocycles. The molecule has 4 heteroatoms. The van der Waals surface area contributed by atoms with E-state index in [-0.39, 0.29) is 18.2 Å². The van der Waals surface area contributed by atoms with E-state index in [1.54, 1.807) is 0 Å². The number of benzene rings is 1. The summed E-state index contributed by atoms with van der Waals surface area (Å²) < 4.78 is 0. The molecular formula is C15H20ClNO2. The fraction of sp³-hybridized carbons (Fsp3) is 0.533. The highest BCUT2D eigenvalue weighted by atomic mass is 35.5. The highest BCUT2D eigenvalue weighted by molar-refractivity contribution is 6.30. The summed E-state index contributed by atoms with van der Waals surface area (Å²) in [4.78, 5) is 14.0. The first-order valence-electron chi connectivity index (χ1n) is 6.70. The van der Waals surface area contributed by atoms with E-state index in [1.807, 2.05) is 36.9 Å². The lowest BCUT2D eigenvalue weighted by molar-refractivity contribution is -0.134. The van der Waals surface area contributed by atoms with Crippen molar-refractivity contribution >= 4 is 17.5 Å². The zero-order chi connectivity index (χ0) is 14.0. The first-order valence-corrected chi connectivity index (χ1v) is 7.08. The van der Waals surface area contributed by atoms with Crippen molar-refractivity contribution < 1.29 is 9.90 Å². The van der Waals surface area contributed by atoms with Gasteiger partial charge in [-0.1, -0.05) is 31.5 Å². The minimum absolute atomic E-state index is 0.0202.